The van der Waals surface area contributed by atoms with E-state index in [-0.39, 0.29) is 11.9 Å². The Morgan fingerprint density at radius 2 is 2.00 bits per heavy atom. The average Bonchev–Trinajstić information content (AvgIpc) is 3.30. The van der Waals surface area contributed by atoms with Crippen molar-refractivity contribution in [2.45, 2.75) is 45.2 Å². The summed E-state index contributed by atoms with van der Waals surface area (Å²) >= 11 is 0. The molecule has 1 fully saturated rings. The zero-order chi connectivity index (χ0) is 21.6. The zero-order valence-corrected chi connectivity index (χ0v) is 18.5. The van der Waals surface area contributed by atoms with Gasteiger partial charge in [0.15, 0.2) is 5.96 Å². The topological polar surface area (TPSA) is 66.0 Å². The Hall–Kier alpha value is -3.02. The Kier molecular flexibility index (Phi) is 6.75. The van der Waals surface area contributed by atoms with Gasteiger partial charge in [0.2, 0.25) is 5.91 Å². The predicted molar refractivity (Wildman–Crippen MR) is 124 cm³/mol. The number of hydrogen-bond acceptors (Lipinski definition) is 3. The van der Waals surface area contributed by atoms with Crippen LogP contribution in [0.2, 0.25) is 0 Å². The van der Waals surface area contributed by atoms with E-state index in [2.05, 4.69) is 58.1 Å². The van der Waals surface area contributed by atoms with E-state index in [1.165, 1.54) is 22.3 Å². The van der Waals surface area contributed by atoms with Crippen molar-refractivity contribution in [3.63, 3.8) is 0 Å². The second-order valence-electron chi connectivity index (χ2n) is 8.22. The average molecular weight is 421 g/mol. The van der Waals surface area contributed by atoms with Crippen LogP contribution in [0.4, 0.5) is 0 Å². The third-order valence-corrected chi connectivity index (χ3v) is 6.06. The van der Waals surface area contributed by atoms with Gasteiger partial charge in [0.05, 0.1) is 6.61 Å². The third-order valence-electron chi connectivity index (χ3n) is 6.06. The molecule has 0 aliphatic carbocycles. The Morgan fingerprint density at radius 1 is 1.19 bits per heavy atom. The van der Waals surface area contributed by atoms with Crippen LogP contribution in [0, 0.1) is 0 Å². The number of likely N-dealkylation sites (tertiary alicyclic amines) is 1. The van der Waals surface area contributed by atoms with E-state index in [0.717, 1.165) is 50.7 Å². The number of nitrogens with zero attached hydrogens (tertiary/aromatic N) is 2. The normalized spacial score (nSPS) is 18.3. The van der Waals surface area contributed by atoms with E-state index in [1.54, 1.807) is 7.05 Å². The van der Waals surface area contributed by atoms with Crippen LogP contribution in [-0.2, 0) is 17.8 Å². The maximum Gasteiger partial charge on any atom is 0.222 e. The molecule has 2 aliphatic rings. The number of guanidine groups is 1. The SMILES string of the molecule is CCC(=O)N1CCC(NC(=NC)NCc2ccc(-c3ccc4c(c3)CCCO4)cc2)C1. The van der Waals surface area contributed by atoms with E-state index in [4.69, 9.17) is 4.74 Å². The van der Waals surface area contributed by atoms with Gasteiger partial charge in [0.25, 0.3) is 0 Å². The summed E-state index contributed by atoms with van der Waals surface area (Å²) in [6.45, 7) is 4.99. The van der Waals surface area contributed by atoms with Crippen LogP contribution in [0.5, 0.6) is 5.75 Å². The van der Waals surface area contributed by atoms with E-state index >= 15 is 0 Å². The van der Waals surface area contributed by atoms with E-state index in [0.29, 0.717) is 13.0 Å². The van der Waals surface area contributed by atoms with Crippen LogP contribution in [0.1, 0.15) is 37.3 Å². The molecule has 2 heterocycles. The highest BCUT2D eigenvalue weighted by molar-refractivity contribution is 5.80. The molecule has 0 spiro atoms. The highest BCUT2D eigenvalue weighted by Gasteiger charge is 2.25. The van der Waals surface area contributed by atoms with Crippen LogP contribution < -0.4 is 15.4 Å². The first-order valence-corrected chi connectivity index (χ1v) is 11.3. The van der Waals surface area contributed by atoms with Gasteiger partial charge in [-0.2, -0.15) is 0 Å². The molecule has 0 radical (unpaired) electrons. The molecule has 2 aliphatic heterocycles. The Labute approximate surface area is 184 Å². The van der Waals surface area contributed by atoms with Crippen molar-refractivity contribution in [1.82, 2.24) is 15.5 Å². The standard InChI is InChI=1S/C25H32N4O2/c1-3-24(30)29-13-12-22(17-29)28-25(26-2)27-16-18-6-8-19(9-7-18)20-10-11-23-21(15-20)5-4-14-31-23/h6-11,15,22H,3-5,12-14,16-17H2,1-2H3,(H2,26,27,28). The van der Waals surface area contributed by atoms with Crippen LogP contribution in [0.3, 0.4) is 0 Å². The zero-order valence-electron chi connectivity index (χ0n) is 18.5. The molecule has 2 aromatic rings. The van der Waals surface area contributed by atoms with Gasteiger partial charge in [-0.05, 0) is 53.6 Å². The summed E-state index contributed by atoms with van der Waals surface area (Å²) in [5.41, 5.74) is 4.94. The van der Waals surface area contributed by atoms with Crippen LogP contribution in [-0.4, -0.2) is 49.6 Å². The minimum Gasteiger partial charge on any atom is -0.493 e. The molecule has 4 rings (SSSR count). The van der Waals surface area contributed by atoms with Gasteiger partial charge in [0.1, 0.15) is 5.75 Å². The lowest BCUT2D eigenvalue weighted by molar-refractivity contribution is -0.129. The molecule has 1 atom stereocenters. The van der Waals surface area contributed by atoms with Crippen LogP contribution in [0.15, 0.2) is 47.5 Å². The second-order valence-corrected chi connectivity index (χ2v) is 8.22. The molecule has 1 amide bonds. The van der Waals surface area contributed by atoms with Gasteiger partial charge in [-0.25, -0.2) is 0 Å². The van der Waals surface area contributed by atoms with Crippen LogP contribution >= 0.6 is 0 Å². The van der Waals surface area contributed by atoms with Gasteiger partial charge in [0, 0.05) is 39.1 Å². The molecule has 164 valence electrons. The fourth-order valence-corrected chi connectivity index (χ4v) is 4.26. The van der Waals surface area contributed by atoms with Crippen molar-refractivity contribution >= 4 is 11.9 Å². The summed E-state index contributed by atoms with van der Waals surface area (Å²) in [5.74, 6) is 2.02. The fraction of sp³-hybridized carbons (Fsp3) is 0.440. The van der Waals surface area contributed by atoms with Gasteiger partial charge < -0.3 is 20.3 Å². The Bertz CT molecular complexity index is 939. The third kappa shape index (κ3) is 5.19. The molecule has 0 aromatic heterocycles. The maximum absolute atomic E-state index is 11.9. The van der Waals surface area contributed by atoms with Crippen molar-refractivity contribution in [1.29, 1.82) is 0 Å². The molecular weight excluding hydrogens is 388 g/mol. The molecule has 6 heteroatoms. The maximum atomic E-state index is 11.9. The molecule has 0 saturated carbocycles. The summed E-state index contributed by atoms with van der Waals surface area (Å²) in [4.78, 5) is 18.1. The molecule has 2 N–H and O–H groups in total. The molecular formula is C25H32N4O2. The van der Waals surface area contributed by atoms with E-state index in [9.17, 15) is 4.79 Å². The van der Waals surface area contributed by atoms with Crippen molar-refractivity contribution in [3.05, 3.63) is 53.6 Å². The highest BCUT2D eigenvalue weighted by atomic mass is 16.5. The van der Waals surface area contributed by atoms with Crippen LogP contribution in [0.25, 0.3) is 11.1 Å². The Balaban J connectivity index is 1.31. The predicted octanol–water partition coefficient (Wildman–Crippen LogP) is 3.35. The summed E-state index contributed by atoms with van der Waals surface area (Å²) in [6.07, 6.45) is 3.69. The second kappa shape index (κ2) is 9.86. The number of hydrogen-bond donors (Lipinski definition) is 2. The smallest absolute Gasteiger partial charge is 0.222 e. The number of carbonyl (C=O) groups excluding carboxylic acids is 1. The number of carbonyl (C=O) groups is 1. The lowest BCUT2D eigenvalue weighted by atomic mass is 9.98. The molecule has 2 aromatic carbocycles. The van der Waals surface area contributed by atoms with Gasteiger partial charge in [-0.3, -0.25) is 9.79 Å². The number of rotatable bonds is 5. The number of ether oxygens (including phenoxy) is 1. The molecule has 6 nitrogen and oxygen atoms in total. The minimum atomic E-state index is 0.221. The van der Waals surface area contributed by atoms with E-state index in [1.807, 2.05) is 11.8 Å². The lowest BCUT2D eigenvalue weighted by Gasteiger charge is -2.19. The van der Waals surface area contributed by atoms with Crippen molar-refractivity contribution < 1.29 is 9.53 Å². The van der Waals surface area contributed by atoms with E-state index < -0.39 is 0 Å². The van der Waals surface area contributed by atoms with Crippen molar-refractivity contribution in [2.24, 2.45) is 4.99 Å². The van der Waals surface area contributed by atoms with Crippen molar-refractivity contribution in [2.75, 3.05) is 26.7 Å². The highest BCUT2D eigenvalue weighted by Crippen LogP contribution is 2.30. The summed E-state index contributed by atoms with van der Waals surface area (Å²) in [7, 11) is 1.78. The number of aliphatic imine (C=N–C) groups is 1. The van der Waals surface area contributed by atoms with Gasteiger partial charge >= 0.3 is 0 Å². The number of amides is 1. The molecule has 1 saturated heterocycles. The number of fused-ring (bicyclic) bond motifs is 1. The first kappa shape index (κ1) is 21.2. The summed E-state index contributed by atoms with van der Waals surface area (Å²) < 4.78 is 5.72. The molecule has 31 heavy (non-hydrogen) atoms. The first-order valence-electron chi connectivity index (χ1n) is 11.3. The Morgan fingerprint density at radius 3 is 2.77 bits per heavy atom. The summed E-state index contributed by atoms with van der Waals surface area (Å²) in [6, 6.07) is 15.4. The quantitative estimate of drug-likeness (QED) is 0.575. The largest absolute Gasteiger partial charge is 0.493 e. The molecule has 0 bridgehead atoms. The summed E-state index contributed by atoms with van der Waals surface area (Å²) in [5, 5.41) is 6.83. The minimum absolute atomic E-state index is 0.221. The number of nitrogens with one attached hydrogen (secondary N) is 2. The number of benzene rings is 2. The van der Waals surface area contributed by atoms with Crippen molar-refractivity contribution in [3.8, 4) is 16.9 Å². The first-order chi connectivity index (χ1) is 15.2. The number of aryl methyl sites for hydroxylation is 1. The van der Waals surface area contributed by atoms with Gasteiger partial charge in [-0.15, -0.1) is 0 Å². The lowest BCUT2D eigenvalue weighted by Crippen LogP contribution is -2.44. The molecule has 1 unspecified atom stereocenters. The fourth-order valence-electron chi connectivity index (χ4n) is 4.26. The monoisotopic (exact) mass is 420 g/mol. The van der Waals surface area contributed by atoms with Gasteiger partial charge in [-0.1, -0.05) is 37.3 Å².